The first kappa shape index (κ1) is 27.6. The van der Waals surface area contributed by atoms with Crippen molar-refractivity contribution in [3.05, 3.63) is 23.8 Å². The van der Waals surface area contributed by atoms with Crippen molar-refractivity contribution in [3.63, 3.8) is 0 Å². The Morgan fingerprint density at radius 3 is 2.03 bits per heavy atom. The number of hydrogen-bond acceptors (Lipinski definition) is 11. The topological polar surface area (TPSA) is 153 Å². The van der Waals surface area contributed by atoms with Gasteiger partial charge in [-0.3, -0.25) is 24.0 Å². The van der Waals surface area contributed by atoms with E-state index in [0.29, 0.717) is 5.56 Å². The minimum absolute atomic E-state index is 0.150. The average molecular weight is 495 g/mol. The number of carbonyl (C=O) groups excluding carboxylic acids is 5. The van der Waals surface area contributed by atoms with Gasteiger partial charge in [0.1, 0.15) is 18.8 Å². The summed E-state index contributed by atoms with van der Waals surface area (Å²) in [4.78, 5) is 58.9. The van der Waals surface area contributed by atoms with Crippen LogP contribution in [-0.2, 0) is 38.1 Å². The molecule has 1 N–H and O–H groups in total. The fourth-order valence-corrected chi connectivity index (χ4v) is 3.50. The number of methoxy groups -OCH3 is 1. The van der Waals surface area contributed by atoms with E-state index in [1.54, 1.807) is 0 Å². The summed E-state index contributed by atoms with van der Waals surface area (Å²) in [6, 6.07) is 3.31. The maximum absolute atomic E-state index is 12.0. The lowest BCUT2D eigenvalue weighted by atomic mass is 9.96. The van der Waals surface area contributed by atoms with Crippen LogP contribution in [0.2, 0.25) is 0 Å². The Morgan fingerprint density at radius 2 is 1.51 bits per heavy atom. The van der Waals surface area contributed by atoms with Crippen LogP contribution in [0.1, 0.15) is 45.0 Å². The molecular weight excluding hydrogens is 466 g/mol. The molecule has 0 saturated carbocycles. The van der Waals surface area contributed by atoms with Crippen LogP contribution in [0, 0.1) is 0 Å². The van der Waals surface area contributed by atoms with Crippen molar-refractivity contribution in [3.8, 4) is 11.5 Å². The minimum atomic E-state index is -1.31. The lowest BCUT2D eigenvalue weighted by Gasteiger charge is -2.44. The molecule has 0 bridgehead atoms. The van der Waals surface area contributed by atoms with E-state index in [1.807, 2.05) is 0 Å². The SMILES string of the molecule is COc1cc(C(C)=O)ccc1O[C@@H]1O[C@H](COC(C)=O)[C@H](OC(C)=O)[C@@H](OC(C)=O)[C@H]1NC(C)=O. The highest BCUT2D eigenvalue weighted by atomic mass is 16.7. The second kappa shape index (κ2) is 12.2. The van der Waals surface area contributed by atoms with Crippen molar-refractivity contribution in [2.75, 3.05) is 13.7 Å². The Morgan fingerprint density at radius 1 is 0.886 bits per heavy atom. The Hall–Kier alpha value is -3.67. The smallest absolute Gasteiger partial charge is 0.303 e. The molecule has 2 rings (SSSR count). The van der Waals surface area contributed by atoms with Gasteiger partial charge in [-0.25, -0.2) is 0 Å². The van der Waals surface area contributed by atoms with Crippen LogP contribution < -0.4 is 14.8 Å². The molecule has 12 heteroatoms. The largest absolute Gasteiger partial charge is 0.493 e. The highest BCUT2D eigenvalue weighted by Gasteiger charge is 2.52. The van der Waals surface area contributed by atoms with Crippen molar-refractivity contribution in [2.24, 2.45) is 0 Å². The van der Waals surface area contributed by atoms with Gasteiger partial charge < -0.3 is 33.7 Å². The van der Waals surface area contributed by atoms with E-state index in [4.69, 9.17) is 28.4 Å². The van der Waals surface area contributed by atoms with Crippen molar-refractivity contribution >= 4 is 29.6 Å². The highest BCUT2D eigenvalue weighted by molar-refractivity contribution is 5.94. The van der Waals surface area contributed by atoms with Gasteiger partial charge in [0, 0.05) is 33.3 Å². The Bertz CT molecular complexity index is 976. The van der Waals surface area contributed by atoms with Crippen LogP contribution in [0.5, 0.6) is 11.5 Å². The molecule has 1 aromatic rings. The quantitative estimate of drug-likeness (QED) is 0.296. The first-order chi connectivity index (χ1) is 16.4. The monoisotopic (exact) mass is 495 g/mol. The summed E-state index contributed by atoms with van der Waals surface area (Å²) in [7, 11) is 1.38. The number of hydrogen-bond donors (Lipinski definition) is 1. The lowest BCUT2D eigenvalue weighted by Crippen LogP contribution is -2.67. The molecule has 0 spiro atoms. The van der Waals surface area contributed by atoms with E-state index in [9.17, 15) is 24.0 Å². The third-order valence-corrected chi connectivity index (χ3v) is 4.88. The second-order valence-corrected chi connectivity index (χ2v) is 7.76. The molecule has 0 aromatic heterocycles. The van der Waals surface area contributed by atoms with Crippen LogP contribution in [0.15, 0.2) is 18.2 Å². The standard InChI is InChI=1S/C23H29NO11/c1-11(25)16-7-8-17(18(9-16)30-6)34-23-20(24-12(2)26)22(33-15(5)29)21(32-14(4)28)19(35-23)10-31-13(3)27/h7-9,19-23H,10H2,1-6H3,(H,24,26)/t19-,20-,21+,22+,23-/m1/s1. The first-order valence-corrected chi connectivity index (χ1v) is 10.7. The Balaban J connectivity index is 2.52. The van der Waals surface area contributed by atoms with Crippen molar-refractivity contribution in [1.82, 2.24) is 5.32 Å². The molecule has 1 aliphatic rings. The summed E-state index contributed by atoms with van der Waals surface area (Å²) in [6.07, 6.45) is -4.94. The average Bonchev–Trinajstić information content (AvgIpc) is 2.75. The van der Waals surface area contributed by atoms with Gasteiger partial charge in [-0.15, -0.1) is 0 Å². The molecular formula is C23H29NO11. The Labute approximate surface area is 202 Å². The van der Waals surface area contributed by atoms with Gasteiger partial charge in [0.05, 0.1) is 7.11 Å². The van der Waals surface area contributed by atoms with E-state index in [0.717, 1.165) is 13.8 Å². The number of esters is 3. The van der Waals surface area contributed by atoms with Crippen molar-refractivity contribution < 1.29 is 52.4 Å². The summed E-state index contributed by atoms with van der Waals surface area (Å²) in [5.74, 6) is -2.42. The normalized spacial score (nSPS) is 23.4. The van der Waals surface area contributed by atoms with Crippen LogP contribution in [0.4, 0.5) is 0 Å². The van der Waals surface area contributed by atoms with Gasteiger partial charge in [0.25, 0.3) is 0 Å². The van der Waals surface area contributed by atoms with Crippen molar-refractivity contribution in [1.29, 1.82) is 0 Å². The van der Waals surface area contributed by atoms with Gasteiger partial charge in [-0.2, -0.15) is 0 Å². The number of benzene rings is 1. The third-order valence-electron chi connectivity index (χ3n) is 4.88. The molecule has 35 heavy (non-hydrogen) atoms. The molecule has 0 unspecified atom stereocenters. The zero-order valence-electron chi connectivity index (χ0n) is 20.3. The number of Topliss-reactive ketones (excluding diaryl/α,β-unsaturated/α-hetero) is 1. The third kappa shape index (κ3) is 7.67. The summed E-state index contributed by atoms with van der Waals surface area (Å²) in [5, 5.41) is 2.60. The zero-order chi connectivity index (χ0) is 26.3. The number of carbonyl (C=O) groups is 5. The molecule has 0 aliphatic carbocycles. The zero-order valence-corrected chi connectivity index (χ0v) is 20.3. The van der Waals surface area contributed by atoms with Gasteiger partial charge in [0.15, 0.2) is 29.5 Å². The maximum Gasteiger partial charge on any atom is 0.303 e. The predicted octanol–water partition coefficient (Wildman–Crippen LogP) is 0.933. The molecule has 12 nitrogen and oxygen atoms in total. The molecule has 5 atom stereocenters. The van der Waals surface area contributed by atoms with E-state index in [-0.39, 0.29) is 23.9 Å². The molecule has 1 heterocycles. The molecule has 1 aliphatic heterocycles. The first-order valence-electron chi connectivity index (χ1n) is 10.7. The molecule has 1 fully saturated rings. The number of amides is 1. The number of ether oxygens (including phenoxy) is 6. The number of ketones is 1. The lowest BCUT2D eigenvalue weighted by molar-refractivity contribution is -0.257. The van der Waals surface area contributed by atoms with E-state index in [2.05, 4.69) is 5.32 Å². The van der Waals surface area contributed by atoms with Crippen molar-refractivity contribution in [2.45, 2.75) is 65.3 Å². The molecule has 0 radical (unpaired) electrons. The van der Waals surface area contributed by atoms with Gasteiger partial charge in [-0.05, 0) is 25.1 Å². The molecule has 1 aromatic carbocycles. The van der Waals surface area contributed by atoms with E-state index in [1.165, 1.54) is 46.1 Å². The predicted molar refractivity (Wildman–Crippen MR) is 118 cm³/mol. The minimum Gasteiger partial charge on any atom is -0.493 e. The Kier molecular flexibility index (Phi) is 9.58. The van der Waals surface area contributed by atoms with Crippen LogP contribution in [0.3, 0.4) is 0 Å². The van der Waals surface area contributed by atoms with Crippen LogP contribution in [-0.4, -0.2) is 74.0 Å². The number of rotatable bonds is 9. The van der Waals surface area contributed by atoms with Gasteiger partial charge in [-0.1, -0.05) is 0 Å². The summed E-state index contributed by atoms with van der Waals surface area (Å²) >= 11 is 0. The molecule has 192 valence electrons. The van der Waals surface area contributed by atoms with E-state index < -0.39 is 54.5 Å². The van der Waals surface area contributed by atoms with Crippen LogP contribution >= 0.6 is 0 Å². The molecule has 1 saturated heterocycles. The summed E-state index contributed by atoms with van der Waals surface area (Å²) in [5.41, 5.74) is 0.373. The van der Waals surface area contributed by atoms with Gasteiger partial charge in [0.2, 0.25) is 12.2 Å². The fourth-order valence-electron chi connectivity index (χ4n) is 3.50. The summed E-state index contributed by atoms with van der Waals surface area (Å²) < 4.78 is 33.1. The van der Waals surface area contributed by atoms with Crippen LogP contribution in [0.25, 0.3) is 0 Å². The summed E-state index contributed by atoms with van der Waals surface area (Å²) in [6.45, 7) is 5.73. The fraction of sp³-hybridized carbons (Fsp3) is 0.522. The second-order valence-electron chi connectivity index (χ2n) is 7.76. The van der Waals surface area contributed by atoms with E-state index >= 15 is 0 Å². The van der Waals surface area contributed by atoms with Gasteiger partial charge >= 0.3 is 17.9 Å². The molecule has 1 amide bonds. The highest BCUT2D eigenvalue weighted by Crippen LogP contribution is 2.33. The number of nitrogens with one attached hydrogen (secondary N) is 1. The maximum atomic E-state index is 12.0.